The van der Waals surface area contributed by atoms with Crippen molar-refractivity contribution in [3.05, 3.63) is 47.2 Å². The second kappa shape index (κ2) is 8.12. The van der Waals surface area contributed by atoms with E-state index in [1.54, 1.807) is 22.0 Å². The number of carbonyl (C=O) groups excluding carboxylic acids is 1. The van der Waals surface area contributed by atoms with E-state index in [1.807, 2.05) is 24.3 Å². The van der Waals surface area contributed by atoms with E-state index in [1.165, 1.54) is 0 Å². The van der Waals surface area contributed by atoms with Gasteiger partial charge < -0.3 is 15.0 Å². The Labute approximate surface area is 145 Å². The number of aromatic nitrogens is 3. The van der Waals surface area contributed by atoms with E-state index in [-0.39, 0.29) is 12.1 Å². The van der Waals surface area contributed by atoms with Gasteiger partial charge in [0.2, 0.25) is 0 Å². The van der Waals surface area contributed by atoms with Crippen molar-refractivity contribution in [1.82, 2.24) is 25.2 Å². The second-order valence-corrected chi connectivity index (χ2v) is 6.05. The highest BCUT2D eigenvalue weighted by Crippen LogP contribution is 2.23. The quantitative estimate of drug-likeness (QED) is 0.839. The van der Waals surface area contributed by atoms with E-state index in [4.69, 9.17) is 16.3 Å². The minimum atomic E-state index is -0.114. The molecule has 1 unspecified atom stereocenters. The fourth-order valence-electron chi connectivity index (χ4n) is 2.61. The zero-order chi connectivity index (χ0) is 16.8. The molecular weight excluding hydrogens is 330 g/mol. The number of nitrogens with one attached hydrogen (secondary N) is 1. The summed E-state index contributed by atoms with van der Waals surface area (Å²) in [6, 6.07) is 7.49. The van der Waals surface area contributed by atoms with Gasteiger partial charge in [-0.3, -0.25) is 4.68 Å². The van der Waals surface area contributed by atoms with Crippen LogP contribution in [0.1, 0.15) is 18.1 Å². The van der Waals surface area contributed by atoms with Crippen molar-refractivity contribution < 1.29 is 9.53 Å². The maximum absolute atomic E-state index is 12.3. The Balaban J connectivity index is 1.45. The van der Waals surface area contributed by atoms with Crippen LogP contribution in [0.2, 0.25) is 5.02 Å². The van der Waals surface area contributed by atoms with E-state index in [0.29, 0.717) is 31.3 Å². The molecule has 3 rings (SSSR count). The van der Waals surface area contributed by atoms with Crippen LogP contribution >= 0.6 is 11.6 Å². The minimum Gasteiger partial charge on any atom is -0.370 e. The molecule has 1 aromatic carbocycles. The maximum Gasteiger partial charge on any atom is 0.317 e. The fraction of sp³-hybridized carbons (Fsp3) is 0.438. The van der Waals surface area contributed by atoms with Crippen LogP contribution in [0.5, 0.6) is 0 Å². The van der Waals surface area contributed by atoms with Gasteiger partial charge in [-0.05, 0) is 24.1 Å². The highest BCUT2D eigenvalue weighted by Gasteiger charge is 2.25. The number of carbonyl (C=O) groups is 1. The van der Waals surface area contributed by atoms with Gasteiger partial charge in [0.15, 0.2) is 0 Å². The Bertz CT molecular complexity index is 647. The first kappa shape index (κ1) is 16.7. The summed E-state index contributed by atoms with van der Waals surface area (Å²) in [6.45, 7) is 2.99. The molecule has 0 saturated carbocycles. The van der Waals surface area contributed by atoms with Crippen LogP contribution < -0.4 is 5.32 Å². The van der Waals surface area contributed by atoms with Gasteiger partial charge in [-0.2, -0.15) is 0 Å². The first-order valence-corrected chi connectivity index (χ1v) is 8.34. The molecule has 1 N–H and O–H groups in total. The van der Waals surface area contributed by atoms with Crippen LogP contribution in [0.4, 0.5) is 4.79 Å². The van der Waals surface area contributed by atoms with Crippen molar-refractivity contribution in [1.29, 1.82) is 0 Å². The normalized spacial score (nSPS) is 17.7. The van der Waals surface area contributed by atoms with Crippen molar-refractivity contribution >= 4 is 17.6 Å². The molecule has 1 aliphatic rings. The molecule has 2 amide bonds. The first-order chi connectivity index (χ1) is 11.7. The molecular formula is C16H20ClN5O2. The van der Waals surface area contributed by atoms with E-state index < -0.39 is 0 Å². The van der Waals surface area contributed by atoms with Gasteiger partial charge in [-0.1, -0.05) is 28.9 Å². The van der Waals surface area contributed by atoms with Gasteiger partial charge in [0, 0.05) is 30.9 Å². The summed E-state index contributed by atoms with van der Waals surface area (Å²) < 4.78 is 7.52. The monoisotopic (exact) mass is 349 g/mol. The summed E-state index contributed by atoms with van der Waals surface area (Å²) in [5.74, 6) is 0. The number of halogens is 1. The molecule has 0 bridgehead atoms. The van der Waals surface area contributed by atoms with Crippen LogP contribution in [-0.2, 0) is 11.3 Å². The SMILES string of the molecule is O=C(NCCCn1ccnn1)N1CCOC(c2ccc(Cl)cc2)C1. The molecule has 0 aliphatic carbocycles. The number of ether oxygens (including phenoxy) is 1. The van der Waals surface area contributed by atoms with Gasteiger partial charge in [-0.25, -0.2) is 4.79 Å². The lowest BCUT2D eigenvalue weighted by Gasteiger charge is -2.33. The number of rotatable bonds is 5. The van der Waals surface area contributed by atoms with Crippen molar-refractivity contribution in [2.45, 2.75) is 19.1 Å². The predicted molar refractivity (Wildman–Crippen MR) is 89.8 cm³/mol. The number of morpholine rings is 1. The molecule has 1 atom stereocenters. The number of aryl methyl sites for hydroxylation is 1. The summed E-state index contributed by atoms with van der Waals surface area (Å²) in [7, 11) is 0. The lowest BCUT2D eigenvalue weighted by molar-refractivity contribution is -0.0154. The van der Waals surface area contributed by atoms with E-state index in [0.717, 1.165) is 18.5 Å². The van der Waals surface area contributed by atoms with Gasteiger partial charge >= 0.3 is 6.03 Å². The zero-order valence-electron chi connectivity index (χ0n) is 13.3. The number of benzene rings is 1. The molecule has 1 aromatic heterocycles. The molecule has 7 nitrogen and oxygen atoms in total. The van der Waals surface area contributed by atoms with Crippen LogP contribution in [0.25, 0.3) is 0 Å². The number of hydrogen-bond donors (Lipinski definition) is 1. The third-order valence-corrected chi connectivity index (χ3v) is 4.16. The molecule has 128 valence electrons. The van der Waals surface area contributed by atoms with Crippen LogP contribution in [0.3, 0.4) is 0 Å². The van der Waals surface area contributed by atoms with E-state index in [2.05, 4.69) is 15.6 Å². The Morgan fingerprint density at radius 1 is 1.38 bits per heavy atom. The molecule has 8 heteroatoms. The molecule has 2 aromatic rings. The predicted octanol–water partition coefficient (Wildman–Crippen LogP) is 2.10. The Morgan fingerprint density at radius 3 is 2.96 bits per heavy atom. The number of hydrogen-bond acceptors (Lipinski definition) is 4. The average Bonchev–Trinajstić information content (AvgIpc) is 3.13. The molecule has 1 fully saturated rings. The summed E-state index contributed by atoms with van der Waals surface area (Å²) in [4.78, 5) is 14.1. The highest BCUT2D eigenvalue weighted by atomic mass is 35.5. The van der Waals surface area contributed by atoms with Gasteiger partial charge in [0.1, 0.15) is 6.10 Å². The molecule has 2 heterocycles. The highest BCUT2D eigenvalue weighted by molar-refractivity contribution is 6.30. The van der Waals surface area contributed by atoms with Crippen molar-refractivity contribution in [3.8, 4) is 0 Å². The van der Waals surface area contributed by atoms with Crippen molar-refractivity contribution in [2.75, 3.05) is 26.2 Å². The summed E-state index contributed by atoms with van der Waals surface area (Å²) in [5.41, 5.74) is 1.03. The van der Waals surface area contributed by atoms with E-state index in [9.17, 15) is 4.79 Å². The largest absolute Gasteiger partial charge is 0.370 e. The minimum absolute atomic E-state index is 0.0594. The molecule has 0 radical (unpaired) electrons. The first-order valence-electron chi connectivity index (χ1n) is 7.96. The lowest BCUT2D eigenvalue weighted by Crippen LogP contribution is -2.47. The van der Waals surface area contributed by atoms with E-state index >= 15 is 0 Å². The molecule has 1 aliphatic heterocycles. The third-order valence-electron chi connectivity index (χ3n) is 3.91. The third kappa shape index (κ3) is 4.46. The number of urea groups is 1. The molecule has 24 heavy (non-hydrogen) atoms. The second-order valence-electron chi connectivity index (χ2n) is 5.61. The zero-order valence-corrected chi connectivity index (χ0v) is 14.0. The van der Waals surface area contributed by atoms with Crippen LogP contribution in [0, 0.1) is 0 Å². The summed E-state index contributed by atoms with van der Waals surface area (Å²) in [5, 5.41) is 11.3. The number of nitrogens with zero attached hydrogens (tertiary/aromatic N) is 4. The van der Waals surface area contributed by atoms with Crippen LogP contribution in [0.15, 0.2) is 36.7 Å². The topological polar surface area (TPSA) is 72.3 Å². The maximum atomic E-state index is 12.3. The van der Waals surface area contributed by atoms with Crippen molar-refractivity contribution in [3.63, 3.8) is 0 Å². The van der Waals surface area contributed by atoms with Gasteiger partial charge in [0.25, 0.3) is 0 Å². The summed E-state index contributed by atoms with van der Waals surface area (Å²) in [6.07, 6.45) is 4.14. The molecule has 1 saturated heterocycles. The lowest BCUT2D eigenvalue weighted by atomic mass is 10.1. The Kier molecular flexibility index (Phi) is 5.66. The van der Waals surface area contributed by atoms with Gasteiger partial charge in [-0.15, -0.1) is 5.10 Å². The summed E-state index contributed by atoms with van der Waals surface area (Å²) >= 11 is 5.91. The smallest absolute Gasteiger partial charge is 0.317 e. The Morgan fingerprint density at radius 2 is 2.21 bits per heavy atom. The van der Waals surface area contributed by atoms with Crippen molar-refractivity contribution in [2.24, 2.45) is 0 Å². The van der Waals surface area contributed by atoms with Gasteiger partial charge in [0.05, 0.1) is 19.3 Å². The van der Waals surface area contributed by atoms with Crippen LogP contribution in [-0.4, -0.2) is 52.2 Å². The molecule has 0 spiro atoms. The standard InChI is InChI=1S/C16H20ClN5O2/c17-14-4-2-13(3-5-14)15-12-21(10-11-24-15)16(23)18-6-1-8-22-9-7-19-20-22/h2-5,7,9,15H,1,6,8,10-12H2,(H,18,23). The average molecular weight is 350 g/mol. The Hall–Kier alpha value is -2.12. The number of amides is 2. The fourth-order valence-corrected chi connectivity index (χ4v) is 2.74.